The van der Waals surface area contributed by atoms with E-state index in [1.165, 1.54) is 6.07 Å². The van der Waals surface area contributed by atoms with Gasteiger partial charge in [0.25, 0.3) is 0 Å². The average molecular weight is 195 g/mol. The molecule has 1 aromatic rings. The highest BCUT2D eigenvalue weighted by Crippen LogP contribution is 2.24. The molecule has 0 aromatic heterocycles. The van der Waals surface area contributed by atoms with E-state index in [1.54, 1.807) is 18.2 Å². The molecule has 1 atom stereocenters. The molecule has 1 unspecified atom stereocenters. The van der Waals surface area contributed by atoms with Crippen LogP contribution in [-0.4, -0.2) is 16.2 Å². The van der Waals surface area contributed by atoms with E-state index >= 15 is 0 Å². The largest absolute Gasteiger partial charge is 0.508 e. The molecule has 0 bridgehead atoms. The van der Waals surface area contributed by atoms with E-state index in [9.17, 15) is 9.90 Å². The number of para-hydroxylation sites is 1. The Bertz CT molecular complexity index is 325. The number of carboxylic acid groups (broad SMARTS) is 1. The van der Waals surface area contributed by atoms with Gasteiger partial charge in [0.05, 0.1) is 0 Å². The molecule has 0 amide bonds. The molecule has 0 aliphatic carbocycles. The molecule has 4 N–H and O–H groups in total. The van der Waals surface area contributed by atoms with Gasteiger partial charge >= 0.3 is 5.97 Å². The molecular formula is C10H13NO3. The number of phenolic OH excluding ortho intramolecular Hbond substituents is 1. The first-order valence-corrected chi connectivity index (χ1v) is 4.36. The molecule has 0 saturated heterocycles. The molecule has 0 saturated carbocycles. The molecular weight excluding hydrogens is 182 g/mol. The number of carbonyl (C=O) groups is 1. The summed E-state index contributed by atoms with van der Waals surface area (Å²) in [6, 6.07) is 6.27. The van der Waals surface area contributed by atoms with Crippen molar-refractivity contribution in [2.24, 2.45) is 5.73 Å². The Labute approximate surface area is 82.0 Å². The number of hydrogen-bond donors (Lipinski definition) is 3. The third-order valence-corrected chi connectivity index (χ3v) is 2.01. The lowest BCUT2D eigenvalue weighted by Crippen LogP contribution is -2.12. The van der Waals surface area contributed by atoms with Crippen molar-refractivity contribution < 1.29 is 15.0 Å². The predicted octanol–water partition coefficient (Wildman–Crippen LogP) is 1.26. The predicted molar refractivity (Wildman–Crippen MR) is 51.9 cm³/mol. The highest BCUT2D eigenvalue weighted by atomic mass is 16.4. The molecule has 0 spiro atoms. The quantitative estimate of drug-likeness (QED) is 0.675. The maximum atomic E-state index is 10.3. The number of benzene rings is 1. The SMILES string of the molecule is NC(CCC(=O)O)c1ccccc1O. The molecule has 0 aliphatic heterocycles. The van der Waals surface area contributed by atoms with Gasteiger partial charge in [-0.2, -0.15) is 0 Å². The van der Waals surface area contributed by atoms with Crippen molar-refractivity contribution in [2.45, 2.75) is 18.9 Å². The molecule has 4 nitrogen and oxygen atoms in total. The van der Waals surface area contributed by atoms with E-state index in [0.29, 0.717) is 12.0 Å². The van der Waals surface area contributed by atoms with Crippen molar-refractivity contribution in [1.29, 1.82) is 0 Å². The minimum Gasteiger partial charge on any atom is -0.508 e. The molecule has 1 aromatic carbocycles. The number of phenols is 1. The highest BCUT2D eigenvalue weighted by Gasteiger charge is 2.11. The second-order valence-electron chi connectivity index (χ2n) is 3.10. The van der Waals surface area contributed by atoms with Crippen LogP contribution in [0.2, 0.25) is 0 Å². The number of nitrogens with two attached hydrogens (primary N) is 1. The smallest absolute Gasteiger partial charge is 0.303 e. The Morgan fingerprint density at radius 1 is 1.43 bits per heavy atom. The van der Waals surface area contributed by atoms with Gasteiger partial charge in [-0.25, -0.2) is 0 Å². The van der Waals surface area contributed by atoms with Gasteiger partial charge < -0.3 is 15.9 Å². The van der Waals surface area contributed by atoms with Crippen molar-refractivity contribution >= 4 is 5.97 Å². The van der Waals surface area contributed by atoms with Gasteiger partial charge in [-0.1, -0.05) is 18.2 Å². The van der Waals surface area contributed by atoms with Gasteiger partial charge in [0, 0.05) is 18.0 Å². The van der Waals surface area contributed by atoms with Gasteiger partial charge in [-0.3, -0.25) is 4.79 Å². The van der Waals surface area contributed by atoms with Crippen LogP contribution in [-0.2, 0) is 4.79 Å². The lowest BCUT2D eigenvalue weighted by molar-refractivity contribution is -0.137. The van der Waals surface area contributed by atoms with Crippen LogP contribution in [0, 0.1) is 0 Å². The molecule has 14 heavy (non-hydrogen) atoms. The topological polar surface area (TPSA) is 83.6 Å². The summed E-state index contributed by atoms with van der Waals surface area (Å²) in [4.78, 5) is 10.3. The third kappa shape index (κ3) is 2.74. The van der Waals surface area contributed by atoms with Crippen LogP contribution >= 0.6 is 0 Å². The van der Waals surface area contributed by atoms with E-state index in [4.69, 9.17) is 10.8 Å². The van der Waals surface area contributed by atoms with Crippen molar-refractivity contribution in [3.8, 4) is 5.75 Å². The summed E-state index contributed by atoms with van der Waals surface area (Å²) in [7, 11) is 0. The first-order chi connectivity index (χ1) is 6.61. The first kappa shape index (κ1) is 10.5. The van der Waals surface area contributed by atoms with Crippen molar-refractivity contribution in [1.82, 2.24) is 0 Å². The maximum absolute atomic E-state index is 10.3. The fraction of sp³-hybridized carbons (Fsp3) is 0.300. The van der Waals surface area contributed by atoms with E-state index in [-0.39, 0.29) is 12.2 Å². The monoisotopic (exact) mass is 195 g/mol. The molecule has 76 valence electrons. The summed E-state index contributed by atoms with van der Waals surface area (Å²) in [5.74, 6) is -0.763. The lowest BCUT2D eigenvalue weighted by atomic mass is 10.0. The summed E-state index contributed by atoms with van der Waals surface area (Å²) < 4.78 is 0. The van der Waals surface area contributed by atoms with Gasteiger partial charge in [-0.05, 0) is 12.5 Å². The Balaban J connectivity index is 2.65. The fourth-order valence-electron chi connectivity index (χ4n) is 1.24. The van der Waals surface area contributed by atoms with Crippen LogP contribution in [0.3, 0.4) is 0 Å². The molecule has 4 heteroatoms. The summed E-state index contributed by atoms with van der Waals surface area (Å²) in [5, 5.41) is 17.9. The molecule has 1 rings (SSSR count). The Morgan fingerprint density at radius 3 is 2.64 bits per heavy atom. The summed E-state index contributed by atoms with van der Waals surface area (Å²) in [6.45, 7) is 0. The number of rotatable bonds is 4. The van der Waals surface area contributed by atoms with Crippen LogP contribution in [0.5, 0.6) is 5.75 Å². The van der Waals surface area contributed by atoms with Crippen molar-refractivity contribution in [3.05, 3.63) is 29.8 Å². The first-order valence-electron chi connectivity index (χ1n) is 4.36. The Hall–Kier alpha value is -1.55. The van der Waals surface area contributed by atoms with E-state index in [2.05, 4.69) is 0 Å². The molecule has 0 fully saturated rings. The summed E-state index contributed by atoms with van der Waals surface area (Å²) >= 11 is 0. The minimum absolute atomic E-state index is 0.00943. The van der Waals surface area contributed by atoms with Gasteiger partial charge in [0.2, 0.25) is 0 Å². The van der Waals surface area contributed by atoms with E-state index in [1.807, 2.05) is 0 Å². The normalized spacial score (nSPS) is 12.4. The summed E-state index contributed by atoms with van der Waals surface area (Å²) in [5.41, 5.74) is 6.31. The van der Waals surface area contributed by atoms with Crippen LogP contribution < -0.4 is 5.73 Å². The van der Waals surface area contributed by atoms with Crippen LogP contribution in [0.1, 0.15) is 24.4 Å². The molecule has 0 heterocycles. The second kappa shape index (κ2) is 4.62. The number of aliphatic carboxylic acids is 1. The second-order valence-corrected chi connectivity index (χ2v) is 3.10. The van der Waals surface area contributed by atoms with Gasteiger partial charge in [-0.15, -0.1) is 0 Å². The van der Waals surface area contributed by atoms with Crippen LogP contribution in [0.25, 0.3) is 0 Å². The maximum Gasteiger partial charge on any atom is 0.303 e. The summed E-state index contributed by atoms with van der Waals surface area (Å²) in [6.07, 6.45) is 0.336. The fourth-order valence-corrected chi connectivity index (χ4v) is 1.24. The zero-order chi connectivity index (χ0) is 10.6. The van der Waals surface area contributed by atoms with Crippen LogP contribution in [0.4, 0.5) is 0 Å². The number of aromatic hydroxyl groups is 1. The zero-order valence-electron chi connectivity index (χ0n) is 7.68. The highest BCUT2D eigenvalue weighted by molar-refractivity contribution is 5.66. The van der Waals surface area contributed by atoms with E-state index < -0.39 is 12.0 Å². The lowest BCUT2D eigenvalue weighted by Gasteiger charge is -2.11. The number of carboxylic acids is 1. The van der Waals surface area contributed by atoms with Gasteiger partial charge in [0.1, 0.15) is 5.75 Å². The number of hydrogen-bond acceptors (Lipinski definition) is 3. The Morgan fingerprint density at radius 2 is 2.07 bits per heavy atom. The molecule has 0 radical (unpaired) electrons. The van der Waals surface area contributed by atoms with Crippen LogP contribution in [0.15, 0.2) is 24.3 Å². The Kier molecular flexibility index (Phi) is 3.48. The standard InChI is InChI=1S/C10H13NO3/c11-8(5-6-10(13)14)7-3-1-2-4-9(7)12/h1-4,8,12H,5-6,11H2,(H,13,14). The third-order valence-electron chi connectivity index (χ3n) is 2.01. The minimum atomic E-state index is -0.879. The zero-order valence-corrected chi connectivity index (χ0v) is 7.68. The van der Waals surface area contributed by atoms with E-state index in [0.717, 1.165) is 0 Å². The molecule has 0 aliphatic rings. The van der Waals surface area contributed by atoms with Gasteiger partial charge in [0.15, 0.2) is 0 Å². The van der Waals surface area contributed by atoms with Crippen molar-refractivity contribution in [3.63, 3.8) is 0 Å². The van der Waals surface area contributed by atoms with Crippen molar-refractivity contribution in [2.75, 3.05) is 0 Å². The average Bonchev–Trinajstić information content (AvgIpc) is 2.15.